The van der Waals surface area contributed by atoms with Crippen LogP contribution in [0.1, 0.15) is 11.5 Å². The predicted molar refractivity (Wildman–Crippen MR) is 48.2 cm³/mol. The van der Waals surface area contributed by atoms with Gasteiger partial charge < -0.3 is 4.42 Å². The summed E-state index contributed by atoms with van der Waals surface area (Å²) in [6.07, 6.45) is 1.87. The highest BCUT2D eigenvalue weighted by Crippen LogP contribution is 2.18. The maximum Gasteiger partial charge on any atom is 0.247 e. The van der Waals surface area contributed by atoms with Gasteiger partial charge in [-0.2, -0.15) is 5.10 Å². The summed E-state index contributed by atoms with van der Waals surface area (Å²) >= 11 is 0. The molecule has 0 aliphatic rings. The number of rotatable bonds is 1. The van der Waals surface area contributed by atoms with E-state index in [1.165, 1.54) is 0 Å². The zero-order valence-corrected chi connectivity index (χ0v) is 7.90. The Morgan fingerprint density at radius 1 is 1.38 bits per heavy atom. The molecular formula is C9H11N3O. The molecule has 0 N–H and O–H groups in total. The molecule has 2 aromatic heterocycles. The molecule has 0 atom stereocenters. The number of aromatic nitrogens is 3. The highest BCUT2D eigenvalue weighted by Gasteiger charge is 2.09. The molecule has 0 unspecified atom stereocenters. The molecule has 0 amide bonds. The van der Waals surface area contributed by atoms with Crippen LogP contribution in [-0.4, -0.2) is 14.8 Å². The normalized spacial score (nSPS) is 10.7. The highest BCUT2D eigenvalue weighted by molar-refractivity contribution is 5.46. The van der Waals surface area contributed by atoms with Crippen molar-refractivity contribution in [3.63, 3.8) is 0 Å². The first-order valence-corrected chi connectivity index (χ1v) is 4.11. The Hall–Kier alpha value is -1.58. The maximum atomic E-state index is 5.43. The lowest BCUT2D eigenvalue weighted by atomic mass is 10.4. The summed E-state index contributed by atoms with van der Waals surface area (Å²) in [7, 11) is 1.87. The molecule has 2 heterocycles. The third-order valence-electron chi connectivity index (χ3n) is 1.96. The van der Waals surface area contributed by atoms with Crippen molar-refractivity contribution in [2.75, 3.05) is 0 Å². The molecule has 0 saturated heterocycles. The van der Waals surface area contributed by atoms with Crippen LogP contribution in [0, 0.1) is 13.8 Å². The largest absolute Gasteiger partial charge is 0.440 e. The quantitative estimate of drug-likeness (QED) is 0.665. The topological polar surface area (TPSA) is 43.9 Å². The SMILES string of the molecule is Cc1nc(-c2ccn(C)n2)oc1C. The van der Waals surface area contributed by atoms with Crippen LogP contribution in [0.15, 0.2) is 16.7 Å². The molecule has 0 spiro atoms. The third kappa shape index (κ3) is 1.35. The van der Waals surface area contributed by atoms with Gasteiger partial charge in [0.2, 0.25) is 5.89 Å². The number of hydrogen-bond donors (Lipinski definition) is 0. The van der Waals surface area contributed by atoms with Gasteiger partial charge in [0.25, 0.3) is 0 Å². The summed E-state index contributed by atoms with van der Waals surface area (Å²) in [4.78, 5) is 4.25. The molecule has 0 saturated carbocycles. The fourth-order valence-corrected chi connectivity index (χ4v) is 1.11. The van der Waals surface area contributed by atoms with Gasteiger partial charge in [0.15, 0.2) is 0 Å². The first kappa shape index (κ1) is 8.04. The van der Waals surface area contributed by atoms with E-state index in [0.29, 0.717) is 5.89 Å². The van der Waals surface area contributed by atoms with Crippen LogP contribution in [0.4, 0.5) is 0 Å². The Balaban J connectivity index is 2.46. The van der Waals surface area contributed by atoms with Crippen LogP contribution < -0.4 is 0 Å². The summed E-state index contributed by atoms with van der Waals surface area (Å²) in [6, 6.07) is 1.88. The van der Waals surface area contributed by atoms with Crippen LogP contribution in [0.3, 0.4) is 0 Å². The fraction of sp³-hybridized carbons (Fsp3) is 0.333. The third-order valence-corrected chi connectivity index (χ3v) is 1.96. The minimum absolute atomic E-state index is 0.593. The number of hydrogen-bond acceptors (Lipinski definition) is 3. The second-order valence-corrected chi connectivity index (χ2v) is 3.04. The average molecular weight is 177 g/mol. The Morgan fingerprint density at radius 2 is 2.15 bits per heavy atom. The zero-order chi connectivity index (χ0) is 9.42. The van der Waals surface area contributed by atoms with Crippen LogP contribution in [0.25, 0.3) is 11.6 Å². The Kier molecular flexibility index (Phi) is 1.69. The lowest BCUT2D eigenvalue weighted by Crippen LogP contribution is -1.87. The van der Waals surface area contributed by atoms with Crippen molar-refractivity contribution < 1.29 is 4.42 Å². The molecule has 0 bridgehead atoms. The zero-order valence-electron chi connectivity index (χ0n) is 7.90. The first-order chi connectivity index (χ1) is 6.16. The number of oxazole rings is 1. The van der Waals surface area contributed by atoms with E-state index < -0.39 is 0 Å². The molecule has 0 aromatic carbocycles. The molecule has 68 valence electrons. The summed E-state index contributed by atoms with van der Waals surface area (Å²) in [5, 5.41) is 4.20. The van der Waals surface area contributed by atoms with Crippen molar-refractivity contribution in [2.24, 2.45) is 7.05 Å². The van der Waals surface area contributed by atoms with Crippen molar-refractivity contribution in [2.45, 2.75) is 13.8 Å². The molecule has 13 heavy (non-hydrogen) atoms. The van der Waals surface area contributed by atoms with Crippen molar-refractivity contribution >= 4 is 0 Å². The van der Waals surface area contributed by atoms with Gasteiger partial charge in [-0.25, -0.2) is 4.98 Å². The minimum Gasteiger partial charge on any atom is -0.440 e. The Bertz CT molecular complexity index is 408. The smallest absolute Gasteiger partial charge is 0.247 e. The molecular weight excluding hydrogens is 166 g/mol. The van der Waals surface area contributed by atoms with E-state index in [2.05, 4.69) is 10.1 Å². The van der Waals surface area contributed by atoms with Gasteiger partial charge in [0.1, 0.15) is 11.5 Å². The van der Waals surface area contributed by atoms with Gasteiger partial charge in [0, 0.05) is 13.2 Å². The summed E-state index contributed by atoms with van der Waals surface area (Å²) in [5.74, 6) is 1.44. The van der Waals surface area contributed by atoms with Crippen molar-refractivity contribution in [1.29, 1.82) is 0 Å². The summed E-state index contributed by atoms with van der Waals surface area (Å²) in [6.45, 7) is 3.82. The van der Waals surface area contributed by atoms with Gasteiger partial charge in [0.05, 0.1) is 5.69 Å². The van der Waals surface area contributed by atoms with E-state index in [4.69, 9.17) is 4.42 Å². The maximum absolute atomic E-state index is 5.43. The molecule has 2 aromatic rings. The molecule has 2 rings (SSSR count). The molecule has 0 aliphatic carbocycles. The fourth-order valence-electron chi connectivity index (χ4n) is 1.11. The molecule has 0 aliphatic heterocycles. The summed E-state index contributed by atoms with van der Waals surface area (Å²) < 4.78 is 7.15. The van der Waals surface area contributed by atoms with E-state index in [1.54, 1.807) is 4.68 Å². The van der Waals surface area contributed by atoms with E-state index >= 15 is 0 Å². The van der Waals surface area contributed by atoms with Crippen molar-refractivity contribution in [1.82, 2.24) is 14.8 Å². The molecule has 4 nitrogen and oxygen atoms in total. The van der Waals surface area contributed by atoms with Gasteiger partial charge in [-0.05, 0) is 19.9 Å². The van der Waals surface area contributed by atoms with Gasteiger partial charge in [-0.3, -0.25) is 4.68 Å². The number of aryl methyl sites for hydroxylation is 3. The van der Waals surface area contributed by atoms with Crippen LogP contribution in [0.5, 0.6) is 0 Å². The van der Waals surface area contributed by atoms with Crippen LogP contribution >= 0.6 is 0 Å². The first-order valence-electron chi connectivity index (χ1n) is 4.11. The standard InChI is InChI=1S/C9H11N3O/c1-6-7(2)13-9(10-6)8-4-5-12(3)11-8/h4-5H,1-3H3. The van der Waals surface area contributed by atoms with Crippen molar-refractivity contribution in [3.05, 3.63) is 23.7 Å². The van der Waals surface area contributed by atoms with Crippen molar-refractivity contribution in [3.8, 4) is 11.6 Å². The van der Waals surface area contributed by atoms with Gasteiger partial charge in [-0.1, -0.05) is 0 Å². The van der Waals surface area contributed by atoms with E-state index in [9.17, 15) is 0 Å². The molecule has 0 fully saturated rings. The molecule has 0 radical (unpaired) electrons. The van der Waals surface area contributed by atoms with E-state index in [-0.39, 0.29) is 0 Å². The van der Waals surface area contributed by atoms with Crippen LogP contribution in [0.2, 0.25) is 0 Å². The molecule has 4 heteroatoms. The predicted octanol–water partition coefficient (Wildman–Crippen LogP) is 1.69. The van der Waals surface area contributed by atoms with Gasteiger partial charge in [-0.15, -0.1) is 0 Å². The Morgan fingerprint density at radius 3 is 2.62 bits per heavy atom. The minimum atomic E-state index is 0.593. The summed E-state index contributed by atoms with van der Waals surface area (Å²) in [5.41, 5.74) is 1.69. The second kappa shape index (κ2) is 2.73. The monoisotopic (exact) mass is 177 g/mol. The average Bonchev–Trinajstić information content (AvgIpc) is 2.61. The second-order valence-electron chi connectivity index (χ2n) is 3.04. The lowest BCUT2D eigenvalue weighted by molar-refractivity contribution is 0.537. The van der Waals surface area contributed by atoms with E-state index in [1.807, 2.05) is 33.2 Å². The van der Waals surface area contributed by atoms with Crippen LogP contribution in [-0.2, 0) is 7.05 Å². The van der Waals surface area contributed by atoms with Gasteiger partial charge >= 0.3 is 0 Å². The van der Waals surface area contributed by atoms with E-state index in [0.717, 1.165) is 17.1 Å². The highest BCUT2D eigenvalue weighted by atomic mass is 16.4. The lowest BCUT2D eigenvalue weighted by Gasteiger charge is -1.86. The Labute approximate surface area is 76.2 Å². The number of nitrogens with zero attached hydrogens (tertiary/aromatic N) is 3.